The summed E-state index contributed by atoms with van der Waals surface area (Å²) in [5, 5.41) is 4.78. The maximum atomic E-state index is 4.41. The highest BCUT2D eigenvalue weighted by Crippen LogP contribution is 2.17. The number of benzene rings is 1. The van der Waals surface area contributed by atoms with Crippen molar-refractivity contribution < 1.29 is 0 Å². The Morgan fingerprint density at radius 2 is 1.90 bits per heavy atom. The molecule has 1 aromatic carbocycles. The summed E-state index contributed by atoms with van der Waals surface area (Å²) in [6, 6.07) is 10.5. The summed E-state index contributed by atoms with van der Waals surface area (Å²) in [7, 11) is 2.17. The van der Waals surface area contributed by atoms with Crippen molar-refractivity contribution in [3.8, 4) is 0 Å². The van der Waals surface area contributed by atoms with Gasteiger partial charge in [-0.2, -0.15) is 0 Å². The first-order valence-corrected chi connectivity index (χ1v) is 7.22. The molecule has 0 aliphatic carbocycles. The molecular formula is C17H25N3. The number of nitrogens with one attached hydrogen (secondary N) is 1. The molecule has 0 saturated carbocycles. The number of likely N-dealkylation sites (N-methyl/N-ethyl adjacent to an activating group) is 1. The first-order valence-electron chi connectivity index (χ1n) is 7.22. The topological polar surface area (TPSA) is 28.2 Å². The quantitative estimate of drug-likeness (QED) is 0.906. The van der Waals surface area contributed by atoms with Crippen molar-refractivity contribution in [3.63, 3.8) is 0 Å². The SMILES string of the molecule is CN(CCNC(C)(C)C)Cc1ccnc2ccccc12. The number of nitrogens with zero attached hydrogens (tertiary/aromatic N) is 2. The number of hydrogen-bond acceptors (Lipinski definition) is 3. The van der Waals surface area contributed by atoms with Gasteiger partial charge in [-0.15, -0.1) is 0 Å². The van der Waals surface area contributed by atoms with Crippen molar-refractivity contribution in [2.24, 2.45) is 0 Å². The minimum Gasteiger partial charge on any atom is -0.311 e. The molecule has 0 aliphatic rings. The van der Waals surface area contributed by atoms with Crippen molar-refractivity contribution in [2.75, 3.05) is 20.1 Å². The molecule has 0 atom stereocenters. The third kappa shape index (κ3) is 4.29. The van der Waals surface area contributed by atoms with Crippen molar-refractivity contribution >= 4 is 10.9 Å². The molecule has 0 spiro atoms. The van der Waals surface area contributed by atoms with Gasteiger partial charge in [-0.25, -0.2) is 0 Å². The molecule has 2 rings (SSSR count). The van der Waals surface area contributed by atoms with Gasteiger partial charge < -0.3 is 10.2 Å². The first-order chi connectivity index (χ1) is 9.46. The van der Waals surface area contributed by atoms with Crippen LogP contribution in [0.2, 0.25) is 0 Å². The van der Waals surface area contributed by atoms with Crippen molar-refractivity contribution in [2.45, 2.75) is 32.9 Å². The Morgan fingerprint density at radius 3 is 2.65 bits per heavy atom. The molecule has 1 heterocycles. The van der Waals surface area contributed by atoms with Crippen LogP contribution in [0.4, 0.5) is 0 Å². The highest BCUT2D eigenvalue weighted by molar-refractivity contribution is 5.81. The minimum atomic E-state index is 0.185. The van der Waals surface area contributed by atoms with E-state index in [0.29, 0.717) is 0 Å². The number of pyridine rings is 1. The molecule has 0 bridgehead atoms. The predicted octanol–water partition coefficient (Wildman–Crippen LogP) is 3.05. The zero-order chi connectivity index (χ0) is 14.6. The molecule has 0 aliphatic heterocycles. The van der Waals surface area contributed by atoms with Gasteiger partial charge in [0, 0.05) is 36.8 Å². The lowest BCUT2D eigenvalue weighted by atomic mass is 10.1. The van der Waals surface area contributed by atoms with E-state index in [0.717, 1.165) is 25.2 Å². The molecule has 0 amide bonds. The van der Waals surface area contributed by atoms with Crippen LogP contribution in [0, 0.1) is 0 Å². The lowest BCUT2D eigenvalue weighted by molar-refractivity contribution is 0.304. The van der Waals surface area contributed by atoms with Crippen LogP contribution in [-0.4, -0.2) is 35.6 Å². The third-order valence-electron chi connectivity index (χ3n) is 3.33. The minimum absolute atomic E-state index is 0.185. The van der Waals surface area contributed by atoms with E-state index >= 15 is 0 Å². The Bertz CT molecular complexity index is 552. The van der Waals surface area contributed by atoms with E-state index in [9.17, 15) is 0 Å². The van der Waals surface area contributed by atoms with Gasteiger partial charge in [0.05, 0.1) is 5.52 Å². The molecule has 20 heavy (non-hydrogen) atoms. The Balaban J connectivity index is 1.98. The Hall–Kier alpha value is -1.45. The van der Waals surface area contributed by atoms with Crippen LogP contribution >= 0.6 is 0 Å². The van der Waals surface area contributed by atoms with Gasteiger partial charge in [0.1, 0.15) is 0 Å². The average molecular weight is 271 g/mol. The van der Waals surface area contributed by atoms with Gasteiger partial charge in [0.2, 0.25) is 0 Å². The average Bonchev–Trinajstić information content (AvgIpc) is 2.37. The van der Waals surface area contributed by atoms with Crippen molar-refractivity contribution in [3.05, 3.63) is 42.1 Å². The van der Waals surface area contributed by atoms with Gasteiger partial charge in [-0.3, -0.25) is 4.98 Å². The lowest BCUT2D eigenvalue weighted by Gasteiger charge is -2.23. The van der Waals surface area contributed by atoms with Gasteiger partial charge in [0.25, 0.3) is 0 Å². The molecule has 108 valence electrons. The highest BCUT2D eigenvalue weighted by Gasteiger charge is 2.09. The molecule has 0 fully saturated rings. The van der Waals surface area contributed by atoms with Crippen LogP contribution in [-0.2, 0) is 6.54 Å². The van der Waals surface area contributed by atoms with Crippen LogP contribution in [0.3, 0.4) is 0 Å². The fourth-order valence-electron chi connectivity index (χ4n) is 2.28. The summed E-state index contributed by atoms with van der Waals surface area (Å²) in [5.41, 5.74) is 2.60. The van der Waals surface area contributed by atoms with Crippen LogP contribution in [0.15, 0.2) is 36.5 Å². The number of rotatable bonds is 5. The summed E-state index contributed by atoms with van der Waals surface area (Å²) in [6.45, 7) is 9.59. The highest BCUT2D eigenvalue weighted by atomic mass is 15.1. The van der Waals surface area contributed by atoms with Crippen LogP contribution in [0.25, 0.3) is 10.9 Å². The van der Waals surface area contributed by atoms with Crippen LogP contribution in [0.1, 0.15) is 26.3 Å². The largest absolute Gasteiger partial charge is 0.311 e. The van der Waals surface area contributed by atoms with E-state index in [1.54, 1.807) is 0 Å². The maximum Gasteiger partial charge on any atom is 0.0705 e. The lowest BCUT2D eigenvalue weighted by Crippen LogP contribution is -2.40. The summed E-state index contributed by atoms with van der Waals surface area (Å²) in [6.07, 6.45) is 1.90. The summed E-state index contributed by atoms with van der Waals surface area (Å²) >= 11 is 0. The molecule has 1 N–H and O–H groups in total. The molecule has 3 heteroatoms. The summed E-state index contributed by atoms with van der Waals surface area (Å²) in [5.74, 6) is 0. The molecular weight excluding hydrogens is 246 g/mol. The van der Waals surface area contributed by atoms with E-state index < -0.39 is 0 Å². The standard InChI is InChI=1S/C17H25N3/c1-17(2,3)19-11-12-20(4)13-14-9-10-18-16-8-6-5-7-15(14)16/h5-10,19H,11-13H2,1-4H3. The second-order valence-electron chi connectivity index (χ2n) is 6.40. The van der Waals surface area contributed by atoms with Gasteiger partial charge in [-0.05, 0) is 45.5 Å². The number of aromatic nitrogens is 1. The molecule has 3 nitrogen and oxygen atoms in total. The molecule has 2 aromatic rings. The van der Waals surface area contributed by atoms with Gasteiger partial charge >= 0.3 is 0 Å². The Kier molecular flexibility index (Phi) is 4.73. The second-order valence-corrected chi connectivity index (χ2v) is 6.40. The first kappa shape index (κ1) is 14.9. The van der Waals surface area contributed by atoms with Crippen LogP contribution in [0.5, 0.6) is 0 Å². The Morgan fingerprint density at radius 1 is 1.15 bits per heavy atom. The zero-order valence-electron chi connectivity index (χ0n) is 13.0. The molecule has 1 aromatic heterocycles. The summed E-state index contributed by atoms with van der Waals surface area (Å²) in [4.78, 5) is 6.76. The van der Waals surface area contributed by atoms with Crippen LogP contribution < -0.4 is 5.32 Å². The fourth-order valence-corrected chi connectivity index (χ4v) is 2.28. The number of para-hydroxylation sites is 1. The van der Waals surface area contributed by atoms with Gasteiger partial charge in [0.15, 0.2) is 0 Å². The van der Waals surface area contributed by atoms with Gasteiger partial charge in [-0.1, -0.05) is 18.2 Å². The van der Waals surface area contributed by atoms with Crippen molar-refractivity contribution in [1.82, 2.24) is 15.2 Å². The van der Waals surface area contributed by atoms with E-state index in [1.807, 2.05) is 12.3 Å². The smallest absolute Gasteiger partial charge is 0.0705 e. The van der Waals surface area contributed by atoms with E-state index in [1.165, 1.54) is 10.9 Å². The third-order valence-corrected chi connectivity index (χ3v) is 3.33. The number of fused-ring (bicyclic) bond motifs is 1. The van der Waals surface area contributed by atoms with E-state index in [-0.39, 0.29) is 5.54 Å². The summed E-state index contributed by atoms with van der Waals surface area (Å²) < 4.78 is 0. The maximum absolute atomic E-state index is 4.41. The van der Waals surface area contributed by atoms with E-state index in [4.69, 9.17) is 0 Å². The second kappa shape index (κ2) is 6.33. The predicted molar refractivity (Wildman–Crippen MR) is 85.8 cm³/mol. The zero-order valence-corrected chi connectivity index (χ0v) is 13.0. The Labute approximate surface area is 122 Å². The van der Waals surface area contributed by atoms with Crippen molar-refractivity contribution in [1.29, 1.82) is 0 Å². The molecule has 0 radical (unpaired) electrons. The fraction of sp³-hybridized carbons (Fsp3) is 0.471. The molecule has 0 unspecified atom stereocenters. The monoisotopic (exact) mass is 271 g/mol. The normalized spacial score (nSPS) is 12.2. The van der Waals surface area contributed by atoms with E-state index in [2.05, 4.69) is 67.3 Å². The molecule has 0 saturated heterocycles. The number of hydrogen-bond donors (Lipinski definition) is 1.